The van der Waals surface area contributed by atoms with E-state index < -0.39 is 0 Å². The Bertz CT molecular complexity index is 467. The van der Waals surface area contributed by atoms with Crippen molar-refractivity contribution < 1.29 is 0 Å². The van der Waals surface area contributed by atoms with E-state index in [1.54, 1.807) is 6.20 Å². The average molecular weight is 222 g/mol. The highest BCUT2D eigenvalue weighted by Crippen LogP contribution is 2.25. The number of pyridine rings is 1. The van der Waals surface area contributed by atoms with Gasteiger partial charge in [-0.1, -0.05) is 0 Å². The molecule has 3 nitrogen and oxygen atoms in total. The molecule has 12 heavy (non-hydrogen) atoms. The van der Waals surface area contributed by atoms with E-state index in [0.29, 0.717) is 5.69 Å². The van der Waals surface area contributed by atoms with Crippen molar-refractivity contribution in [3.05, 3.63) is 28.5 Å². The van der Waals surface area contributed by atoms with Crippen LogP contribution in [0.3, 0.4) is 0 Å². The summed E-state index contributed by atoms with van der Waals surface area (Å²) in [6.45, 7) is 0. The molecule has 0 saturated heterocycles. The van der Waals surface area contributed by atoms with Crippen LogP contribution >= 0.6 is 15.9 Å². The van der Waals surface area contributed by atoms with Crippen molar-refractivity contribution in [1.29, 1.82) is 5.26 Å². The van der Waals surface area contributed by atoms with Gasteiger partial charge in [-0.05, 0) is 28.1 Å². The first-order valence-electron chi connectivity index (χ1n) is 3.35. The standard InChI is InChI=1S/C8H4BrN3/c9-7-5-2-1-3-11-8(5)12-6(7)4-10/h1-3H,(H,11,12). The van der Waals surface area contributed by atoms with Crippen LogP contribution in [0.5, 0.6) is 0 Å². The molecule has 0 amide bonds. The van der Waals surface area contributed by atoms with Gasteiger partial charge in [0.25, 0.3) is 0 Å². The molecular formula is C8H4BrN3. The monoisotopic (exact) mass is 221 g/mol. The zero-order valence-corrected chi connectivity index (χ0v) is 7.59. The van der Waals surface area contributed by atoms with Crippen molar-refractivity contribution in [2.24, 2.45) is 0 Å². The second-order valence-electron chi connectivity index (χ2n) is 2.33. The molecule has 2 rings (SSSR count). The van der Waals surface area contributed by atoms with Crippen molar-refractivity contribution >= 4 is 27.0 Å². The number of nitrogens with one attached hydrogen (secondary N) is 1. The number of rotatable bonds is 0. The Morgan fingerprint density at radius 3 is 3.08 bits per heavy atom. The van der Waals surface area contributed by atoms with E-state index in [4.69, 9.17) is 5.26 Å². The van der Waals surface area contributed by atoms with Crippen molar-refractivity contribution in [2.75, 3.05) is 0 Å². The molecule has 0 fully saturated rings. The van der Waals surface area contributed by atoms with E-state index in [9.17, 15) is 0 Å². The quantitative estimate of drug-likeness (QED) is 0.742. The summed E-state index contributed by atoms with van der Waals surface area (Å²) in [4.78, 5) is 6.97. The molecule has 2 aromatic heterocycles. The predicted molar refractivity (Wildman–Crippen MR) is 48.5 cm³/mol. The molecule has 2 heterocycles. The lowest BCUT2D eigenvalue weighted by molar-refractivity contribution is 1.29. The maximum Gasteiger partial charge on any atom is 0.139 e. The predicted octanol–water partition coefficient (Wildman–Crippen LogP) is 2.20. The maximum absolute atomic E-state index is 8.68. The number of aromatic amines is 1. The lowest BCUT2D eigenvalue weighted by atomic mass is 10.3. The van der Waals surface area contributed by atoms with Gasteiger partial charge in [-0.3, -0.25) is 0 Å². The van der Waals surface area contributed by atoms with Gasteiger partial charge in [0.05, 0.1) is 4.47 Å². The summed E-state index contributed by atoms with van der Waals surface area (Å²) in [5, 5.41) is 9.62. The first kappa shape index (κ1) is 7.32. The number of aromatic nitrogens is 2. The number of hydrogen-bond acceptors (Lipinski definition) is 2. The number of fused-ring (bicyclic) bond motifs is 1. The highest BCUT2D eigenvalue weighted by atomic mass is 79.9. The van der Waals surface area contributed by atoms with E-state index in [1.165, 1.54) is 0 Å². The summed E-state index contributed by atoms with van der Waals surface area (Å²) in [5.74, 6) is 0. The fraction of sp³-hybridized carbons (Fsp3) is 0. The average Bonchev–Trinajstić information content (AvgIpc) is 2.44. The van der Waals surface area contributed by atoms with E-state index in [0.717, 1.165) is 15.5 Å². The van der Waals surface area contributed by atoms with E-state index in [2.05, 4.69) is 25.9 Å². The number of H-pyrrole nitrogens is 1. The molecule has 0 aliphatic rings. The van der Waals surface area contributed by atoms with Gasteiger partial charge in [0, 0.05) is 11.6 Å². The molecule has 0 radical (unpaired) electrons. The van der Waals surface area contributed by atoms with Crippen LogP contribution in [0, 0.1) is 11.3 Å². The fourth-order valence-electron chi connectivity index (χ4n) is 1.07. The van der Waals surface area contributed by atoms with Crippen LogP contribution in [-0.2, 0) is 0 Å². The lowest BCUT2D eigenvalue weighted by Crippen LogP contribution is -1.73. The van der Waals surface area contributed by atoms with Gasteiger partial charge in [0.1, 0.15) is 17.4 Å². The first-order chi connectivity index (χ1) is 5.83. The SMILES string of the molecule is N#Cc1[nH]c2ncccc2c1Br. The zero-order chi connectivity index (χ0) is 8.55. The van der Waals surface area contributed by atoms with Gasteiger partial charge in [-0.25, -0.2) is 4.98 Å². The van der Waals surface area contributed by atoms with Crippen LogP contribution in [0.2, 0.25) is 0 Å². The van der Waals surface area contributed by atoms with E-state index in [-0.39, 0.29) is 0 Å². The number of nitriles is 1. The smallest absolute Gasteiger partial charge is 0.139 e. The molecule has 0 aliphatic carbocycles. The van der Waals surface area contributed by atoms with Gasteiger partial charge >= 0.3 is 0 Å². The van der Waals surface area contributed by atoms with Crippen molar-refractivity contribution in [3.8, 4) is 6.07 Å². The van der Waals surface area contributed by atoms with Crippen LogP contribution < -0.4 is 0 Å². The molecule has 58 valence electrons. The molecule has 0 bridgehead atoms. The molecule has 0 unspecified atom stereocenters. The Morgan fingerprint density at radius 2 is 2.42 bits per heavy atom. The molecule has 1 N–H and O–H groups in total. The first-order valence-corrected chi connectivity index (χ1v) is 4.14. The van der Waals surface area contributed by atoms with Gasteiger partial charge < -0.3 is 4.98 Å². The Labute approximate surface area is 77.2 Å². The molecule has 2 aromatic rings. The summed E-state index contributed by atoms with van der Waals surface area (Å²) in [6.07, 6.45) is 1.69. The highest BCUT2D eigenvalue weighted by Gasteiger charge is 2.07. The van der Waals surface area contributed by atoms with Gasteiger partial charge in [0.15, 0.2) is 0 Å². The number of nitrogens with zero attached hydrogens (tertiary/aromatic N) is 2. The minimum Gasteiger partial charge on any atom is -0.330 e. The summed E-state index contributed by atoms with van der Waals surface area (Å²) >= 11 is 3.32. The molecule has 0 aromatic carbocycles. The van der Waals surface area contributed by atoms with Crippen LogP contribution in [0.4, 0.5) is 0 Å². The minimum absolute atomic E-state index is 0.517. The molecular weight excluding hydrogens is 218 g/mol. The summed E-state index contributed by atoms with van der Waals surface area (Å²) in [7, 11) is 0. The van der Waals surface area contributed by atoms with Crippen LogP contribution in [0.25, 0.3) is 11.0 Å². The summed E-state index contributed by atoms with van der Waals surface area (Å²) < 4.78 is 0.785. The molecule has 0 aliphatic heterocycles. The highest BCUT2D eigenvalue weighted by molar-refractivity contribution is 9.10. The topological polar surface area (TPSA) is 52.5 Å². The van der Waals surface area contributed by atoms with Gasteiger partial charge in [0.2, 0.25) is 0 Å². The fourth-order valence-corrected chi connectivity index (χ4v) is 1.57. The maximum atomic E-state index is 8.68. The summed E-state index contributed by atoms with van der Waals surface area (Å²) in [5.41, 5.74) is 1.25. The lowest BCUT2D eigenvalue weighted by Gasteiger charge is -1.84. The third-order valence-electron chi connectivity index (χ3n) is 1.62. The Balaban J connectivity index is 2.90. The normalized spacial score (nSPS) is 10.0. The third-order valence-corrected chi connectivity index (χ3v) is 2.44. The molecule has 4 heteroatoms. The number of halogens is 1. The van der Waals surface area contributed by atoms with E-state index in [1.807, 2.05) is 18.2 Å². The third kappa shape index (κ3) is 0.908. The second kappa shape index (κ2) is 2.61. The number of hydrogen-bond donors (Lipinski definition) is 1. The minimum atomic E-state index is 0.517. The largest absolute Gasteiger partial charge is 0.330 e. The van der Waals surface area contributed by atoms with Gasteiger partial charge in [-0.15, -0.1) is 0 Å². The van der Waals surface area contributed by atoms with Gasteiger partial charge in [-0.2, -0.15) is 5.26 Å². The summed E-state index contributed by atoms with van der Waals surface area (Å²) in [6, 6.07) is 5.78. The van der Waals surface area contributed by atoms with Crippen LogP contribution in [0.15, 0.2) is 22.8 Å². The Kier molecular flexibility index (Phi) is 1.59. The zero-order valence-electron chi connectivity index (χ0n) is 6.00. The van der Waals surface area contributed by atoms with E-state index >= 15 is 0 Å². The Morgan fingerprint density at radius 1 is 1.58 bits per heavy atom. The van der Waals surface area contributed by atoms with Crippen molar-refractivity contribution in [2.45, 2.75) is 0 Å². The van der Waals surface area contributed by atoms with Crippen LogP contribution in [0.1, 0.15) is 5.69 Å². The van der Waals surface area contributed by atoms with Crippen molar-refractivity contribution in [3.63, 3.8) is 0 Å². The van der Waals surface area contributed by atoms with Crippen molar-refractivity contribution in [1.82, 2.24) is 9.97 Å². The second-order valence-corrected chi connectivity index (χ2v) is 3.12. The molecule has 0 spiro atoms. The molecule has 0 saturated carbocycles. The van der Waals surface area contributed by atoms with Crippen LogP contribution in [-0.4, -0.2) is 9.97 Å². The molecule has 0 atom stereocenters. The Hall–Kier alpha value is -1.34.